The molecule has 0 aromatic rings. The van der Waals surface area contributed by atoms with Crippen LogP contribution in [-0.2, 0) is 4.79 Å². The molecule has 44 valence electrons. The first-order valence-corrected chi connectivity index (χ1v) is 5.69. The van der Waals surface area contributed by atoms with E-state index in [1.807, 2.05) is 0 Å². The van der Waals surface area contributed by atoms with E-state index in [0.29, 0.717) is 0 Å². The SMILES string of the molecule is O=[CH][Al]1[CH2]CCC[CH2]1. The molecule has 8 heavy (non-hydrogen) atoms. The van der Waals surface area contributed by atoms with Gasteiger partial charge in [0.2, 0.25) is 0 Å². The van der Waals surface area contributed by atoms with E-state index in [0.717, 1.165) is 0 Å². The lowest BCUT2D eigenvalue weighted by Gasteiger charge is -2.09. The number of hydrogen-bond donors (Lipinski definition) is 0. The molecule has 0 amide bonds. The van der Waals surface area contributed by atoms with Crippen LogP contribution in [-0.4, -0.2) is 19.3 Å². The molecular formula is C6H11AlO. The Bertz CT molecular complexity index is 76.6. The predicted molar refractivity (Wildman–Crippen MR) is 36.0 cm³/mol. The van der Waals surface area contributed by atoms with Crippen LogP contribution in [0.4, 0.5) is 0 Å². The molecule has 1 aliphatic heterocycles. The molecule has 0 bridgehead atoms. The molecule has 0 aromatic carbocycles. The van der Waals surface area contributed by atoms with E-state index in [2.05, 4.69) is 0 Å². The summed E-state index contributed by atoms with van der Waals surface area (Å²) in [5, 5.41) is 3.81. The number of rotatable bonds is 1. The van der Waals surface area contributed by atoms with Crippen LogP contribution in [0.25, 0.3) is 0 Å². The van der Waals surface area contributed by atoms with Crippen molar-refractivity contribution in [1.82, 2.24) is 0 Å². The molecule has 0 atom stereocenters. The van der Waals surface area contributed by atoms with Gasteiger partial charge in [-0.25, -0.2) is 0 Å². The Labute approximate surface area is 54.5 Å². The van der Waals surface area contributed by atoms with Crippen molar-refractivity contribution in [3.05, 3.63) is 0 Å². The van der Waals surface area contributed by atoms with Gasteiger partial charge in [0.15, 0.2) is 0 Å². The number of hydrogen-bond acceptors (Lipinski definition) is 1. The highest BCUT2D eigenvalue weighted by atomic mass is 27.2. The van der Waals surface area contributed by atoms with Gasteiger partial charge in [-0.3, -0.25) is 0 Å². The Morgan fingerprint density at radius 2 is 1.75 bits per heavy atom. The normalized spacial score (nSPS) is 20.8. The third kappa shape index (κ3) is 1.61. The lowest BCUT2D eigenvalue weighted by atomic mass is 10.3. The van der Waals surface area contributed by atoms with Gasteiger partial charge in [0.25, 0.3) is 0 Å². The van der Waals surface area contributed by atoms with Crippen molar-refractivity contribution in [3.63, 3.8) is 0 Å². The molecule has 1 fully saturated rings. The monoisotopic (exact) mass is 126 g/mol. The maximum atomic E-state index is 10.2. The van der Waals surface area contributed by atoms with E-state index in [1.165, 1.54) is 35.0 Å². The van der Waals surface area contributed by atoms with Gasteiger partial charge in [0.05, 0.1) is 0 Å². The smallest absolute Gasteiger partial charge is 0.324 e. The Morgan fingerprint density at radius 3 is 2.12 bits per heavy atom. The van der Waals surface area contributed by atoms with Crippen molar-refractivity contribution in [2.75, 3.05) is 0 Å². The Morgan fingerprint density at radius 1 is 1.12 bits per heavy atom. The standard InChI is InChI=1S/C5H10.CHO.Al/c1-3-5-4-2;1-2;/h1-5H2;1H;. The second kappa shape index (κ2) is 3.27. The summed E-state index contributed by atoms with van der Waals surface area (Å²) in [6.45, 7) is 0. The maximum absolute atomic E-state index is 10.2. The molecule has 1 heterocycles. The van der Waals surface area contributed by atoms with Crippen molar-refractivity contribution in [1.29, 1.82) is 0 Å². The first-order valence-electron chi connectivity index (χ1n) is 3.39. The van der Waals surface area contributed by atoms with Gasteiger partial charge in [0, 0.05) is 5.15 Å². The zero-order valence-corrected chi connectivity index (χ0v) is 6.25. The Balaban J connectivity index is 2.22. The molecule has 0 unspecified atom stereocenters. The topological polar surface area (TPSA) is 17.1 Å². The first-order chi connectivity index (χ1) is 3.93. The predicted octanol–water partition coefficient (Wildman–Crippen LogP) is 1.44. The fraction of sp³-hybridized carbons (Fsp3) is 0.833. The molecule has 1 aliphatic rings. The summed E-state index contributed by atoms with van der Waals surface area (Å²) < 4.78 is 0. The maximum Gasteiger partial charge on any atom is 0.360 e. The zero-order chi connectivity index (χ0) is 5.82. The molecule has 1 nitrogen and oxygen atoms in total. The van der Waals surface area contributed by atoms with Crippen LogP contribution in [0.15, 0.2) is 0 Å². The van der Waals surface area contributed by atoms with E-state index in [4.69, 9.17) is 0 Å². The van der Waals surface area contributed by atoms with Crippen LogP contribution in [0.1, 0.15) is 19.3 Å². The van der Waals surface area contributed by atoms with Gasteiger partial charge in [0.1, 0.15) is 0 Å². The van der Waals surface area contributed by atoms with E-state index >= 15 is 0 Å². The molecule has 0 N–H and O–H groups in total. The van der Waals surface area contributed by atoms with Crippen molar-refractivity contribution < 1.29 is 4.79 Å². The molecular weight excluding hydrogens is 115 g/mol. The van der Waals surface area contributed by atoms with E-state index in [1.54, 1.807) is 0 Å². The molecule has 0 saturated carbocycles. The second-order valence-corrected chi connectivity index (χ2v) is 5.48. The van der Waals surface area contributed by atoms with Crippen molar-refractivity contribution >= 4 is 19.3 Å². The minimum Gasteiger partial charge on any atom is -0.324 e. The van der Waals surface area contributed by atoms with E-state index < -0.39 is 14.1 Å². The average molecular weight is 126 g/mol. The summed E-state index contributed by atoms with van der Waals surface area (Å²) in [6.07, 6.45) is 4.03. The van der Waals surface area contributed by atoms with Crippen LogP contribution in [0.3, 0.4) is 0 Å². The molecule has 2 heteroatoms. The Hall–Kier alpha value is 0.202. The fourth-order valence-corrected chi connectivity index (χ4v) is 3.46. The highest BCUT2D eigenvalue weighted by Crippen LogP contribution is 2.16. The molecule has 1 saturated heterocycles. The lowest BCUT2D eigenvalue weighted by Crippen LogP contribution is -2.17. The highest BCUT2D eigenvalue weighted by molar-refractivity contribution is 6.84. The summed E-state index contributed by atoms with van der Waals surface area (Å²) in [6, 6.07) is 0. The zero-order valence-electron chi connectivity index (χ0n) is 5.10. The lowest BCUT2D eigenvalue weighted by molar-refractivity contribution is 0.566. The average Bonchev–Trinajstić information content (AvgIpc) is 1.90. The minimum absolute atomic E-state index is 0.786. The molecule has 0 spiro atoms. The molecule has 1 rings (SSSR count). The van der Waals surface area contributed by atoms with E-state index in [-0.39, 0.29) is 0 Å². The van der Waals surface area contributed by atoms with Gasteiger partial charge in [-0.15, -0.1) is 0 Å². The summed E-state index contributed by atoms with van der Waals surface area (Å²) in [5.41, 5.74) is 0. The van der Waals surface area contributed by atoms with Crippen LogP contribution in [0.5, 0.6) is 0 Å². The third-order valence-electron chi connectivity index (χ3n) is 1.84. The van der Waals surface area contributed by atoms with Gasteiger partial charge >= 0.3 is 14.1 Å². The van der Waals surface area contributed by atoms with Crippen molar-refractivity contribution in [2.24, 2.45) is 0 Å². The van der Waals surface area contributed by atoms with Gasteiger partial charge in [-0.2, -0.15) is 0 Å². The molecule has 0 aromatic heterocycles. The van der Waals surface area contributed by atoms with Gasteiger partial charge in [-0.1, -0.05) is 29.8 Å². The largest absolute Gasteiger partial charge is 0.360 e. The van der Waals surface area contributed by atoms with Crippen LogP contribution in [0.2, 0.25) is 10.6 Å². The minimum atomic E-state index is -0.786. The van der Waals surface area contributed by atoms with E-state index in [9.17, 15) is 4.79 Å². The summed E-state index contributed by atoms with van der Waals surface area (Å²) >= 11 is -0.786. The second-order valence-electron chi connectivity index (χ2n) is 2.53. The first kappa shape index (κ1) is 6.32. The fourth-order valence-electron chi connectivity index (χ4n) is 1.27. The van der Waals surface area contributed by atoms with Crippen LogP contribution >= 0.6 is 0 Å². The summed E-state index contributed by atoms with van der Waals surface area (Å²) in [4.78, 5) is 10.2. The van der Waals surface area contributed by atoms with Gasteiger partial charge in [-0.05, 0) is 0 Å². The van der Waals surface area contributed by atoms with Crippen LogP contribution in [0, 0.1) is 0 Å². The van der Waals surface area contributed by atoms with Crippen LogP contribution < -0.4 is 0 Å². The quantitative estimate of drug-likeness (QED) is 0.383. The molecule has 0 radical (unpaired) electrons. The van der Waals surface area contributed by atoms with Crippen molar-refractivity contribution in [2.45, 2.75) is 29.8 Å². The third-order valence-corrected chi connectivity index (χ3v) is 4.53. The summed E-state index contributed by atoms with van der Waals surface area (Å²) in [7, 11) is 0. The molecule has 0 aliphatic carbocycles. The van der Waals surface area contributed by atoms with Crippen molar-refractivity contribution in [3.8, 4) is 0 Å². The number of carbonyl (C=O) groups excluding carboxylic acids is 1. The Kier molecular flexibility index (Phi) is 2.59. The summed E-state index contributed by atoms with van der Waals surface area (Å²) in [5.74, 6) is 0. The highest BCUT2D eigenvalue weighted by Gasteiger charge is 2.19. The van der Waals surface area contributed by atoms with Gasteiger partial charge < -0.3 is 4.79 Å². The number of carbonyl (C=O) groups is 1.